The van der Waals surface area contributed by atoms with E-state index in [1.165, 1.54) is 23.8 Å². The molecule has 0 aliphatic carbocycles. The summed E-state index contributed by atoms with van der Waals surface area (Å²) in [5, 5.41) is 3.15. The number of benzene rings is 2. The van der Waals surface area contributed by atoms with Gasteiger partial charge in [-0.3, -0.25) is 9.36 Å². The summed E-state index contributed by atoms with van der Waals surface area (Å²) in [5.41, 5.74) is 0.748. The van der Waals surface area contributed by atoms with Crippen LogP contribution in [0.4, 0.5) is 13.2 Å². The van der Waals surface area contributed by atoms with Gasteiger partial charge in [-0.1, -0.05) is 43.1 Å². The van der Waals surface area contributed by atoms with Crippen molar-refractivity contribution in [2.24, 2.45) is 0 Å². The molecule has 0 fully saturated rings. The molecule has 3 aromatic rings. The Bertz CT molecular complexity index is 1250. The predicted octanol–water partition coefficient (Wildman–Crippen LogP) is 6.11. The number of hydrogen-bond donors (Lipinski definition) is 1. The lowest BCUT2D eigenvalue weighted by atomic mass is 10.1. The van der Waals surface area contributed by atoms with Gasteiger partial charge in [-0.05, 0) is 52.2 Å². The Morgan fingerprint density at radius 2 is 1.84 bits per heavy atom. The summed E-state index contributed by atoms with van der Waals surface area (Å²) in [4.78, 5) is 29.7. The summed E-state index contributed by atoms with van der Waals surface area (Å²) in [6, 6.07) is 10.7. The second kappa shape index (κ2) is 12.3. The van der Waals surface area contributed by atoms with E-state index in [4.69, 9.17) is 21.1 Å². The van der Waals surface area contributed by atoms with Crippen LogP contribution in [0.5, 0.6) is 17.5 Å². The van der Waals surface area contributed by atoms with E-state index >= 15 is 0 Å². The van der Waals surface area contributed by atoms with E-state index in [1.54, 1.807) is 24.3 Å². The second-order valence-corrected chi connectivity index (χ2v) is 8.90. The lowest BCUT2D eigenvalue weighted by molar-refractivity contribution is -0.274. The number of rotatable bonds is 10. The van der Waals surface area contributed by atoms with E-state index in [0.29, 0.717) is 17.9 Å². The van der Waals surface area contributed by atoms with Gasteiger partial charge in [0.15, 0.2) is 0 Å². The minimum atomic E-state index is -4.88. The normalized spacial score (nSPS) is 12.1. The number of amides is 1. The van der Waals surface area contributed by atoms with Gasteiger partial charge in [0.2, 0.25) is 0 Å². The Balaban J connectivity index is 2.00. The van der Waals surface area contributed by atoms with Gasteiger partial charge >= 0.3 is 18.3 Å². The summed E-state index contributed by atoms with van der Waals surface area (Å²) in [5.74, 6) is -1.74. The number of nitrogens with zero attached hydrogens (tertiary/aromatic N) is 2. The lowest BCUT2D eigenvalue weighted by Crippen LogP contribution is -2.42. The van der Waals surface area contributed by atoms with Crippen LogP contribution in [0.3, 0.4) is 0 Å². The summed E-state index contributed by atoms with van der Waals surface area (Å²) in [7, 11) is 1.22. The fraction of sp³-hybridized carbons (Fsp3) is 0.292. The van der Waals surface area contributed by atoms with Crippen molar-refractivity contribution in [3.63, 3.8) is 0 Å². The van der Waals surface area contributed by atoms with E-state index in [-0.39, 0.29) is 28.6 Å². The van der Waals surface area contributed by atoms with Crippen molar-refractivity contribution >= 4 is 39.4 Å². The maximum Gasteiger partial charge on any atom is 0.573 e. The molecule has 0 saturated heterocycles. The third kappa shape index (κ3) is 7.86. The van der Waals surface area contributed by atoms with Crippen molar-refractivity contribution in [3.8, 4) is 17.5 Å². The summed E-state index contributed by atoms with van der Waals surface area (Å²) < 4.78 is 54.0. The van der Waals surface area contributed by atoms with Gasteiger partial charge in [-0.25, -0.2) is 4.79 Å². The van der Waals surface area contributed by atoms with E-state index < -0.39 is 30.0 Å². The third-order valence-electron chi connectivity index (χ3n) is 4.98. The van der Waals surface area contributed by atoms with Crippen LogP contribution in [0.25, 0.3) is 0 Å². The molecule has 0 radical (unpaired) electrons. The van der Waals surface area contributed by atoms with Crippen LogP contribution in [0.1, 0.15) is 35.8 Å². The topological polar surface area (TPSA) is 91.7 Å². The molecule has 0 saturated carbocycles. The molecule has 198 valence electrons. The van der Waals surface area contributed by atoms with E-state index in [1.807, 2.05) is 6.92 Å². The van der Waals surface area contributed by atoms with Crippen LogP contribution in [-0.4, -0.2) is 40.9 Å². The number of hydrogen-bond acceptors (Lipinski definition) is 6. The molecule has 0 spiro atoms. The van der Waals surface area contributed by atoms with Crippen molar-refractivity contribution in [1.29, 1.82) is 0 Å². The van der Waals surface area contributed by atoms with E-state index in [0.717, 1.165) is 17.7 Å². The highest BCUT2D eigenvalue weighted by Crippen LogP contribution is 2.32. The molecule has 3 rings (SSSR count). The molecule has 1 amide bonds. The molecule has 2 aromatic carbocycles. The van der Waals surface area contributed by atoms with Crippen LogP contribution in [0.2, 0.25) is 5.02 Å². The Morgan fingerprint density at radius 1 is 1.16 bits per heavy atom. The highest BCUT2D eigenvalue weighted by Gasteiger charge is 2.31. The zero-order valence-electron chi connectivity index (χ0n) is 19.6. The number of aromatic nitrogens is 2. The molecular weight excluding hydrogens is 583 g/mol. The van der Waals surface area contributed by atoms with Gasteiger partial charge in [-0.2, -0.15) is 4.98 Å². The van der Waals surface area contributed by atoms with Crippen molar-refractivity contribution in [3.05, 3.63) is 69.4 Å². The monoisotopic (exact) mass is 603 g/mol. The van der Waals surface area contributed by atoms with Crippen LogP contribution in [0, 0.1) is 0 Å². The largest absolute Gasteiger partial charge is 0.573 e. The zero-order valence-corrected chi connectivity index (χ0v) is 22.0. The van der Waals surface area contributed by atoms with Gasteiger partial charge in [-0.15, -0.1) is 13.2 Å². The first-order chi connectivity index (χ1) is 17.5. The van der Waals surface area contributed by atoms with Crippen LogP contribution >= 0.6 is 27.5 Å². The first-order valence-corrected chi connectivity index (χ1v) is 12.1. The van der Waals surface area contributed by atoms with Crippen molar-refractivity contribution in [1.82, 2.24) is 14.9 Å². The second-order valence-electron chi connectivity index (χ2n) is 7.71. The number of halogens is 5. The highest BCUT2D eigenvalue weighted by molar-refractivity contribution is 9.10. The Labute approximate surface area is 223 Å². The third-order valence-corrected chi connectivity index (χ3v) is 5.78. The van der Waals surface area contributed by atoms with Gasteiger partial charge in [0, 0.05) is 11.1 Å². The van der Waals surface area contributed by atoms with E-state index in [2.05, 4.69) is 31.0 Å². The molecule has 0 aliphatic rings. The van der Waals surface area contributed by atoms with Gasteiger partial charge in [0.25, 0.3) is 5.91 Å². The number of carbonyl (C=O) groups excluding carboxylic acids is 2. The lowest BCUT2D eigenvalue weighted by Gasteiger charge is -2.17. The molecule has 1 unspecified atom stereocenters. The molecule has 37 heavy (non-hydrogen) atoms. The summed E-state index contributed by atoms with van der Waals surface area (Å²) >= 11 is 9.24. The van der Waals surface area contributed by atoms with Gasteiger partial charge < -0.3 is 19.5 Å². The van der Waals surface area contributed by atoms with Gasteiger partial charge in [0.1, 0.15) is 27.8 Å². The zero-order chi connectivity index (χ0) is 27.2. The molecule has 0 bridgehead atoms. The fourth-order valence-corrected chi connectivity index (χ4v) is 4.04. The summed E-state index contributed by atoms with van der Waals surface area (Å²) in [6.45, 7) is 1.94. The van der Waals surface area contributed by atoms with Crippen molar-refractivity contribution in [2.75, 3.05) is 7.11 Å². The Kier molecular flexibility index (Phi) is 9.44. The molecule has 1 atom stereocenters. The molecular formula is C24H22BrClF3N3O5. The maximum atomic E-state index is 13.3. The van der Waals surface area contributed by atoms with E-state index in [9.17, 15) is 22.8 Å². The number of carbonyl (C=O) groups is 2. The number of methoxy groups -OCH3 is 1. The Hall–Kier alpha value is -3.25. The average molecular weight is 605 g/mol. The van der Waals surface area contributed by atoms with Gasteiger partial charge in [0.05, 0.1) is 13.7 Å². The fourth-order valence-electron chi connectivity index (χ4n) is 3.36. The number of nitrogens with one attached hydrogen (secondary N) is 1. The predicted molar refractivity (Wildman–Crippen MR) is 132 cm³/mol. The highest BCUT2D eigenvalue weighted by atomic mass is 79.9. The first-order valence-electron chi connectivity index (χ1n) is 10.9. The minimum Gasteiger partial charge on any atom is -0.467 e. The number of alkyl halides is 3. The standard InChI is InChI=1S/C24H22BrClF3N3O5/c1-3-5-18(22(34)35-2)30-21(33)19-20(25)31-23(32(19)13-14-8-10-15(26)11-9-14)36-16-6-4-7-17(12-16)37-24(27,28)29/h4,6-12,18H,3,5,13H2,1-2H3,(H,30,33). The first kappa shape index (κ1) is 28.3. The summed E-state index contributed by atoms with van der Waals surface area (Å²) in [6.07, 6.45) is -3.93. The minimum absolute atomic E-state index is 0.0121. The Morgan fingerprint density at radius 3 is 2.46 bits per heavy atom. The molecule has 1 N–H and O–H groups in total. The number of ether oxygens (including phenoxy) is 3. The average Bonchev–Trinajstić information content (AvgIpc) is 3.13. The molecule has 1 aromatic heterocycles. The van der Waals surface area contributed by atoms with Crippen molar-refractivity contribution < 1.29 is 37.0 Å². The maximum absolute atomic E-state index is 13.3. The van der Waals surface area contributed by atoms with Crippen LogP contribution in [0.15, 0.2) is 53.1 Å². The number of esters is 1. The SMILES string of the molecule is CCCC(NC(=O)c1c(Br)nc(Oc2cccc(OC(F)(F)F)c2)n1Cc1ccc(Cl)cc1)C(=O)OC. The van der Waals surface area contributed by atoms with Crippen LogP contribution in [-0.2, 0) is 16.1 Å². The molecule has 1 heterocycles. The quantitative estimate of drug-likeness (QED) is 0.281. The number of imidazole rings is 1. The smallest absolute Gasteiger partial charge is 0.467 e. The molecule has 8 nitrogen and oxygen atoms in total. The van der Waals surface area contributed by atoms with Crippen LogP contribution < -0.4 is 14.8 Å². The molecule has 13 heteroatoms. The van der Waals surface area contributed by atoms with Crippen molar-refractivity contribution in [2.45, 2.75) is 38.7 Å². The molecule has 0 aliphatic heterocycles.